The van der Waals surface area contributed by atoms with Gasteiger partial charge in [0.25, 0.3) is 0 Å². The van der Waals surface area contributed by atoms with E-state index in [0.29, 0.717) is 25.0 Å². The van der Waals surface area contributed by atoms with Gasteiger partial charge in [0.2, 0.25) is 5.91 Å². The van der Waals surface area contributed by atoms with Crippen LogP contribution in [0.25, 0.3) is 0 Å². The van der Waals surface area contributed by atoms with Gasteiger partial charge in [-0.15, -0.1) is 0 Å². The van der Waals surface area contributed by atoms with Crippen LogP contribution in [-0.2, 0) is 4.79 Å². The number of hydrogen-bond donors (Lipinski definition) is 2. The van der Waals surface area contributed by atoms with Crippen molar-refractivity contribution in [3.8, 4) is 5.75 Å². The maximum absolute atomic E-state index is 12.0. The van der Waals surface area contributed by atoms with Crippen LogP contribution in [0.1, 0.15) is 32.3 Å². The number of rotatable bonds is 7. The summed E-state index contributed by atoms with van der Waals surface area (Å²) in [6.07, 6.45) is 0. The Labute approximate surface area is 127 Å². The number of carbonyl (C=O) groups excluding carboxylic acids is 1. The molecule has 4 heteroatoms. The summed E-state index contributed by atoms with van der Waals surface area (Å²) in [7, 11) is 0. The van der Waals surface area contributed by atoms with E-state index in [1.807, 2.05) is 25.1 Å². The Hall–Kier alpha value is -1.55. The minimum Gasteiger partial charge on any atom is -0.491 e. The number of benzene rings is 1. The molecule has 2 rings (SSSR count). The van der Waals surface area contributed by atoms with Gasteiger partial charge in [0.1, 0.15) is 12.4 Å². The maximum atomic E-state index is 12.0. The van der Waals surface area contributed by atoms with Crippen molar-refractivity contribution >= 4 is 5.91 Å². The van der Waals surface area contributed by atoms with Crippen LogP contribution in [0.2, 0.25) is 0 Å². The average Bonchev–Trinajstić information content (AvgIpc) is 2.41. The van der Waals surface area contributed by atoms with Gasteiger partial charge in [-0.1, -0.05) is 39.0 Å². The van der Waals surface area contributed by atoms with Gasteiger partial charge in [0, 0.05) is 5.92 Å². The van der Waals surface area contributed by atoms with Crippen molar-refractivity contribution in [1.82, 2.24) is 10.6 Å². The zero-order chi connectivity index (χ0) is 15.2. The molecule has 0 aliphatic carbocycles. The minimum absolute atomic E-state index is 0.0780. The van der Waals surface area contributed by atoms with Crippen LogP contribution in [0, 0.1) is 11.8 Å². The van der Waals surface area contributed by atoms with Crippen molar-refractivity contribution in [1.29, 1.82) is 0 Å². The summed E-state index contributed by atoms with van der Waals surface area (Å²) < 4.78 is 5.80. The topological polar surface area (TPSA) is 50.4 Å². The van der Waals surface area contributed by atoms with E-state index in [9.17, 15) is 4.79 Å². The van der Waals surface area contributed by atoms with Crippen LogP contribution in [-0.4, -0.2) is 32.1 Å². The molecule has 1 saturated heterocycles. The summed E-state index contributed by atoms with van der Waals surface area (Å²) in [6.45, 7) is 9.26. The first kappa shape index (κ1) is 15.8. The highest BCUT2D eigenvalue weighted by atomic mass is 16.5. The third kappa shape index (κ3) is 4.21. The molecule has 1 atom stereocenters. The van der Waals surface area contributed by atoms with Crippen molar-refractivity contribution in [2.24, 2.45) is 11.8 Å². The van der Waals surface area contributed by atoms with Crippen molar-refractivity contribution in [2.45, 2.75) is 26.7 Å². The molecule has 1 aromatic rings. The standard InChI is InChI=1S/C17H26N2O2/c1-12(2)15-6-4-5-7-16(15)21-9-8-19-17(20)13(3)14-10-18-11-14/h4-7,12-14,18H,8-11H2,1-3H3,(H,19,20). The Kier molecular flexibility index (Phi) is 5.62. The average molecular weight is 290 g/mol. The van der Waals surface area contributed by atoms with Crippen molar-refractivity contribution in [2.75, 3.05) is 26.2 Å². The van der Waals surface area contributed by atoms with Gasteiger partial charge in [-0.3, -0.25) is 4.79 Å². The van der Waals surface area contributed by atoms with E-state index in [1.165, 1.54) is 5.56 Å². The van der Waals surface area contributed by atoms with Crippen LogP contribution < -0.4 is 15.4 Å². The Morgan fingerprint density at radius 3 is 2.67 bits per heavy atom. The van der Waals surface area contributed by atoms with Gasteiger partial charge in [-0.2, -0.15) is 0 Å². The molecule has 116 valence electrons. The van der Waals surface area contributed by atoms with E-state index >= 15 is 0 Å². The lowest BCUT2D eigenvalue weighted by molar-refractivity contribution is -0.126. The van der Waals surface area contributed by atoms with E-state index < -0.39 is 0 Å². The number of para-hydroxylation sites is 1. The fourth-order valence-corrected chi connectivity index (χ4v) is 2.46. The molecule has 1 heterocycles. The summed E-state index contributed by atoms with van der Waals surface area (Å²) in [6, 6.07) is 8.08. The molecule has 1 aliphatic heterocycles. The molecule has 0 spiro atoms. The lowest BCUT2D eigenvalue weighted by atomic mass is 9.88. The third-order valence-corrected chi connectivity index (χ3v) is 4.13. The number of carbonyl (C=O) groups is 1. The molecule has 1 amide bonds. The largest absolute Gasteiger partial charge is 0.491 e. The smallest absolute Gasteiger partial charge is 0.223 e. The number of nitrogens with one attached hydrogen (secondary N) is 2. The second-order valence-electron chi connectivity index (χ2n) is 6.04. The molecule has 0 bridgehead atoms. The molecule has 4 nitrogen and oxygen atoms in total. The molecule has 0 radical (unpaired) electrons. The van der Waals surface area contributed by atoms with Crippen LogP contribution in [0.5, 0.6) is 5.75 Å². The molecule has 0 aromatic heterocycles. The molecular weight excluding hydrogens is 264 g/mol. The minimum atomic E-state index is 0.0780. The summed E-state index contributed by atoms with van der Waals surface area (Å²) >= 11 is 0. The maximum Gasteiger partial charge on any atom is 0.223 e. The van der Waals surface area contributed by atoms with Crippen LogP contribution in [0.15, 0.2) is 24.3 Å². The third-order valence-electron chi connectivity index (χ3n) is 4.13. The highest BCUT2D eigenvalue weighted by Crippen LogP contribution is 2.25. The zero-order valence-electron chi connectivity index (χ0n) is 13.2. The second-order valence-corrected chi connectivity index (χ2v) is 6.04. The summed E-state index contributed by atoms with van der Waals surface area (Å²) in [4.78, 5) is 12.0. The molecule has 1 aliphatic rings. The van der Waals surface area contributed by atoms with Crippen molar-refractivity contribution in [3.05, 3.63) is 29.8 Å². The summed E-state index contributed by atoms with van der Waals surface area (Å²) in [5, 5.41) is 6.16. The summed E-state index contributed by atoms with van der Waals surface area (Å²) in [5.41, 5.74) is 1.21. The molecule has 1 aromatic carbocycles. The van der Waals surface area contributed by atoms with Gasteiger partial charge in [-0.25, -0.2) is 0 Å². The fraction of sp³-hybridized carbons (Fsp3) is 0.588. The first-order valence-corrected chi connectivity index (χ1v) is 7.79. The quantitative estimate of drug-likeness (QED) is 0.757. The van der Waals surface area contributed by atoms with Crippen LogP contribution in [0.4, 0.5) is 0 Å². The molecular formula is C17H26N2O2. The molecule has 2 N–H and O–H groups in total. The van der Waals surface area contributed by atoms with E-state index in [0.717, 1.165) is 18.8 Å². The lowest BCUT2D eigenvalue weighted by Gasteiger charge is -2.31. The van der Waals surface area contributed by atoms with Crippen molar-refractivity contribution < 1.29 is 9.53 Å². The van der Waals surface area contributed by atoms with E-state index in [4.69, 9.17) is 4.74 Å². The van der Waals surface area contributed by atoms with Gasteiger partial charge < -0.3 is 15.4 Å². The van der Waals surface area contributed by atoms with Gasteiger partial charge in [-0.05, 0) is 36.6 Å². The van der Waals surface area contributed by atoms with Crippen LogP contribution in [0.3, 0.4) is 0 Å². The monoisotopic (exact) mass is 290 g/mol. The molecule has 0 saturated carbocycles. The van der Waals surface area contributed by atoms with Gasteiger partial charge in [0.15, 0.2) is 0 Å². The van der Waals surface area contributed by atoms with Gasteiger partial charge >= 0.3 is 0 Å². The Bertz CT molecular complexity index is 470. The lowest BCUT2D eigenvalue weighted by Crippen LogP contribution is -2.49. The van der Waals surface area contributed by atoms with Crippen molar-refractivity contribution in [3.63, 3.8) is 0 Å². The van der Waals surface area contributed by atoms with E-state index in [2.05, 4.69) is 30.5 Å². The number of amides is 1. The SMILES string of the molecule is CC(C)c1ccccc1OCCNC(=O)C(C)C1CNC1. The molecule has 21 heavy (non-hydrogen) atoms. The predicted molar refractivity (Wildman–Crippen MR) is 84.6 cm³/mol. The Morgan fingerprint density at radius 1 is 1.33 bits per heavy atom. The number of ether oxygens (including phenoxy) is 1. The Balaban J connectivity index is 1.73. The molecule has 1 unspecified atom stereocenters. The zero-order valence-corrected chi connectivity index (χ0v) is 13.2. The second kappa shape index (κ2) is 7.46. The van der Waals surface area contributed by atoms with Gasteiger partial charge in [0.05, 0.1) is 6.54 Å². The molecule has 1 fully saturated rings. The Morgan fingerprint density at radius 2 is 2.05 bits per heavy atom. The normalized spacial score (nSPS) is 16.4. The van der Waals surface area contributed by atoms with Crippen LogP contribution >= 0.6 is 0 Å². The number of hydrogen-bond acceptors (Lipinski definition) is 3. The highest BCUT2D eigenvalue weighted by molar-refractivity contribution is 5.78. The van der Waals surface area contributed by atoms with E-state index in [-0.39, 0.29) is 11.8 Å². The van der Waals surface area contributed by atoms with E-state index in [1.54, 1.807) is 0 Å². The fourth-order valence-electron chi connectivity index (χ4n) is 2.46. The first-order chi connectivity index (χ1) is 10.1. The first-order valence-electron chi connectivity index (χ1n) is 7.79. The summed E-state index contributed by atoms with van der Waals surface area (Å²) in [5.74, 6) is 2.03. The predicted octanol–water partition coefficient (Wildman–Crippen LogP) is 2.16. The highest BCUT2D eigenvalue weighted by Gasteiger charge is 2.28.